The van der Waals surface area contributed by atoms with Gasteiger partial charge in [-0.3, -0.25) is 0 Å². The minimum absolute atomic E-state index is 0.0665. The van der Waals surface area contributed by atoms with Gasteiger partial charge in [-0.25, -0.2) is 0 Å². The normalized spacial score (nSPS) is 22.5. The van der Waals surface area contributed by atoms with Crippen molar-refractivity contribution in [3.8, 4) is 0 Å². The van der Waals surface area contributed by atoms with E-state index in [1.54, 1.807) is 0 Å². The average molecular weight is 197 g/mol. The maximum absolute atomic E-state index is 8.70. The van der Waals surface area contributed by atoms with Gasteiger partial charge in [-0.05, 0) is 19.4 Å². The fourth-order valence-electron chi connectivity index (χ4n) is 1.67. The molecule has 0 radical (unpaired) electrons. The summed E-state index contributed by atoms with van der Waals surface area (Å²) in [6.45, 7) is 1.08. The third-order valence-corrected chi connectivity index (χ3v) is 2.43. The van der Waals surface area contributed by atoms with Crippen LogP contribution >= 0.6 is 0 Å². The van der Waals surface area contributed by atoms with Gasteiger partial charge in [-0.15, -0.1) is 0 Å². The molecule has 1 aromatic heterocycles. The maximum Gasteiger partial charge on any atom is 0.243 e. The lowest BCUT2D eigenvalue weighted by Gasteiger charge is -2.19. The predicted molar refractivity (Wildman–Crippen MR) is 49.7 cm³/mol. The van der Waals surface area contributed by atoms with Gasteiger partial charge in [-0.1, -0.05) is 11.6 Å². The van der Waals surface area contributed by atoms with E-state index in [0.717, 1.165) is 13.0 Å². The van der Waals surface area contributed by atoms with Crippen molar-refractivity contribution >= 4 is 0 Å². The van der Waals surface area contributed by atoms with Crippen LogP contribution in [0.3, 0.4) is 0 Å². The van der Waals surface area contributed by atoms with Gasteiger partial charge >= 0.3 is 0 Å². The Bertz CT molecular complexity index is 281. The number of aliphatic hydroxyl groups is 1. The van der Waals surface area contributed by atoms with Crippen LogP contribution in [-0.4, -0.2) is 28.4 Å². The third kappa shape index (κ3) is 2.10. The molecule has 0 bridgehead atoms. The van der Waals surface area contributed by atoms with Crippen molar-refractivity contribution in [1.82, 2.24) is 15.5 Å². The summed E-state index contributed by atoms with van der Waals surface area (Å²) in [5.74, 6) is 1.25. The van der Waals surface area contributed by atoms with Gasteiger partial charge in [0.25, 0.3) is 0 Å². The molecule has 5 nitrogen and oxygen atoms in total. The van der Waals surface area contributed by atoms with E-state index in [1.165, 1.54) is 12.8 Å². The molecule has 1 aliphatic heterocycles. The molecule has 5 heteroatoms. The largest absolute Gasteiger partial charge is 0.396 e. The number of aliphatic hydroxyl groups excluding tert-OH is 1. The number of nitrogens with one attached hydrogen (secondary N) is 1. The Kier molecular flexibility index (Phi) is 3.10. The Morgan fingerprint density at radius 1 is 1.50 bits per heavy atom. The van der Waals surface area contributed by atoms with Crippen LogP contribution in [0.4, 0.5) is 0 Å². The van der Waals surface area contributed by atoms with Crippen molar-refractivity contribution in [2.24, 2.45) is 0 Å². The molecule has 0 aliphatic carbocycles. The predicted octanol–water partition coefficient (Wildman–Crippen LogP) is 0.419. The highest BCUT2D eigenvalue weighted by Gasteiger charge is 2.20. The van der Waals surface area contributed by atoms with Crippen molar-refractivity contribution in [3.05, 3.63) is 11.7 Å². The van der Waals surface area contributed by atoms with E-state index < -0.39 is 0 Å². The van der Waals surface area contributed by atoms with Crippen molar-refractivity contribution in [3.63, 3.8) is 0 Å². The minimum atomic E-state index is 0.0665. The van der Waals surface area contributed by atoms with E-state index in [-0.39, 0.29) is 12.6 Å². The molecule has 0 amide bonds. The van der Waals surface area contributed by atoms with E-state index in [2.05, 4.69) is 15.5 Å². The first kappa shape index (κ1) is 9.61. The Morgan fingerprint density at radius 2 is 2.43 bits per heavy atom. The molecule has 14 heavy (non-hydrogen) atoms. The summed E-state index contributed by atoms with van der Waals surface area (Å²) < 4.78 is 5.12. The molecule has 1 atom stereocenters. The molecule has 1 fully saturated rings. The second-order valence-corrected chi connectivity index (χ2v) is 3.52. The van der Waals surface area contributed by atoms with Crippen LogP contribution in [0.1, 0.15) is 37.0 Å². The highest BCUT2D eigenvalue weighted by Crippen LogP contribution is 2.20. The van der Waals surface area contributed by atoms with Gasteiger partial charge in [0.2, 0.25) is 5.89 Å². The Balaban J connectivity index is 2.00. The lowest BCUT2D eigenvalue weighted by Crippen LogP contribution is -2.27. The monoisotopic (exact) mass is 197 g/mol. The topological polar surface area (TPSA) is 71.2 Å². The summed E-state index contributed by atoms with van der Waals surface area (Å²) in [6, 6.07) is 0.212. The SMILES string of the molecule is OCCc1noc([C@H]2CCCCN2)n1. The lowest BCUT2D eigenvalue weighted by molar-refractivity contribution is 0.285. The second-order valence-electron chi connectivity index (χ2n) is 3.52. The van der Waals surface area contributed by atoms with Crippen LogP contribution in [0.25, 0.3) is 0 Å². The number of hydrogen-bond donors (Lipinski definition) is 2. The zero-order valence-corrected chi connectivity index (χ0v) is 8.07. The fourth-order valence-corrected chi connectivity index (χ4v) is 1.67. The van der Waals surface area contributed by atoms with Crippen molar-refractivity contribution < 1.29 is 9.63 Å². The first-order chi connectivity index (χ1) is 6.90. The van der Waals surface area contributed by atoms with Gasteiger partial charge in [0.1, 0.15) is 0 Å². The summed E-state index contributed by atoms with van der Waals surface area (Å²) in [7, 11) is 0. The maximum atomic E-state index is 8.70. The summed E-state index contributed by atoms with van der Waals surface area (Å²) in [6.07, 6.45) is 3.94. The minimum Gasteiger partial charge on any atom is -0.396 e. The lowest BCUT2D eigenvalue weighted by atomic mass is 10.1. The number of rotatable bonds is 3. The molecule has 0 aromatic carbocycles. The van der Waals surface area contributed by atoms with Crippen LogP contribution in [0.5, 0.6) is 0 Å². The standard InChI is InChI=1S/C9H15N3O2/c13-6-4-8-11-9(14-12-8)7-3-1-2-5-10-7/h7,10,13H,1-6H2/t7-/m1/s1. The van der Waals surface area contributed by atoms with Gasteiger partial charge < -0.3 is 14.9 Å². The number of nitrogens with zero attached hydrogens (tertiary/aromatic N) is 2. The second kappa shape index (κ2) is 4.52. The highest BCUT2D eigenvalue weighted by atomic mass is 16.5. The van der Waals surface area contributed by atoms with Crippen LogP contribution in [0, 0.1) is 0 Å². The zero-order chi connectivity index (χ0) is 9.80. The average Bonchev–Trinajstić information content (AvgIpc) is 2.68. The molecule has 1 saturated heterocycles. The smallest absolute Gasteiger partial charge is 0.243 e. The summed E-state index contributed by atoms with van der Waals surface area (Å²) in [5.41, 5.74) is 0. The zero-order valence-electron chi connectivity index (χ0n) is 8.07. The van der Waals surface area contributed by atoms with Crippen LogP contribution in [0.15, 0.2) is 4.52 Å². The number of aromatic nitrogens is 2. The molecule has 0 unspecified atom stereocenters. The molecule has 0 saturated carbocycles. The van der Waals surface area contributed by atoms with Gasteiger partial charge in [0.05, 0.1) is 12.6 Å². The molecule has 1 aromatic rings. The quantitative estimate of drug-likeness (QED) is 0.734. The Morgan fingerprint density at radius 3 is 3.14 bits per heavy atom. The number of piperidine rings is 1. The molecular formula is C9H15N3O2. The van der Waals surface area contributed by atoms with Gasteiger partial charge in [-0.2, -0.15) is 4.98 Å². The van der Waals surface area contributed by atoms with Gasteiger partial charge in [0, 0.05) is 6.42 Å². The Labute approximate surface area is 82.5 Å². The van der Waals surface area contributed by atoms with Crippen LogP contribution < -0.4 is 5.32 Å². The molecule has 78 valence electrons. The first-order valence-corrected chi connectivity index (χ1v) is 5.07. The van der Waals surface area contributed by atoms with Crippen molar-refractivity contribution in [2.75, 3.05) is 13.2 Å². The first-order valence-electron chi connectivity index (χ1n) is 5.07. The van der Waals surface area contributed by atoms with E-state index >= 15 is 0 Å². The summed E-state index contributed by atoms with van der Waals surface area (Å²) in [5, 5.41) is 15.8. The molecule has 1 aliphatic rings. The third-order valence-electron chi connectivity index (χ3n) is 2.43. The molecule has 0 spiro atoms. The van der Waals surface area contributed by atoms with E-state index in [9.17, 15) is 0 Å². The van der Waals surface area contributed by atoms with Crippen molar-refractivity contribution in [1.29, 1.82) is 0 Å². The van der Waals surface area contributed by atoms with E-state index in [1.807, 2.05) is 0 Å². The molecule has 2 rings (SSSR count). The van der Waals surface area contributed by atoms with E-state index in [4.69, 9.17) is 9.63 Å². The molecular weight excluding hydrogens is 182 g/mol. The number of hydrogen-bond acceptors (Lipinski definition) is 5. The van der Waals surface area contributed by atoms with E-state index in [0.29, 0.717) is 18.1 Å². The van der Waals surface area contributed by atoms with Crippen LogP contribution in [-0.2, 0) is 6.42 Å². The molecule has 2 heterocycles. The van der Waals surface area contributed by atoms with Gasteiger partial charge in [0.15, 0.2) is 5.82 Å². The summed E-state index contributed by atoms with van der Waals surface area (Å²) >= 11 is 0. The van der Waals surface area contributed by atoms with Crippen LogP contribution in [0.2, 0.25) is 0 Å². The summed E-state index contributed by atoms with van der Waals surface area (Å²) in [4.78, 5) is 4.22. The Hall–Kier alpha value is -0.940. The fraction of sp³-hybridized carbons (Fsp3) is 0.778. The highest BCUT2D eigenvalue weighted by molar-refractivity contribution is 4.94. The van der Waals surface area contributed by atoms with Crippen molar-refractivity contribution in [2.45, 2.75) is 31.7 Å². The molecule has 2 N–H and O–H groups in total.